The lowest BCUT2D eigenvalue weighted by Crippen LogP contribution is -2.36. The number of halogens is 3. The first kappa shape index (κ1) is 19.7. The lowest BCUT2D eigenvalue weighted by Gasteiger charge is -2.34. The van der Waals surface area contributed by atoms with Crippen LogP contribution in [0.25, 0.3) is 22.4 Å². The Kier molecular flexibility index (Phi) is 5.19. The van der Waals surface area contributed by atoms with Gasteiger partial charge in [-0.1, -0.05) is 13.8 Å². The summed E-state index contributed by atoms with van der Waals surface area (Å²) in [6, 6.07) is 5.99. The molecule has 0 aliphatic carbocycles. The number of H-pyrrole nitrogens is 1. The Hall–Kier alpha value is -2.64. The summed E-state index contributed by atoms with van der Waals surface area (Å²) in [5.74, 6) is 1.70. The van der Waals surface area contributed by atoms with Gasteiger partial charge in [0.05, 0.1) is 5.56 Å². The fourth-order valence-electron chi connectivity index (χ4n) is 4.20. The minimum absolute atomic E-state index is 0.153. The summed E-state index contributed by atoms with van der Waals surface area (Å²) < 4.78 is 41.1. The van der Waals surface area contributed by atoms with Gasteiger partial charge in [-0.05, 0) is 55.4 Å². The van der Waals surface area contributed by atoms with E-state index in [-0.39, 0.29) is 11.4 Å². The average Bonchev–Trinajstić information content (AvgIpc) is 3.10. The minimum Gasteiger partial charge on any atom is -0.356 e. The van der Waals surface area contributed by atoms with E-state index in [1.165, 1.54) is 6.07 Å². The Morgan fingerprint density at radius 1 is 1.21 bits per heavy atom. The van der Waals surface area contributed by atoms with Crippen LogP contribution in [0.1, 0.15) is 38.7 Å². The summed E-state index contributed by atoms with van der Waals surface area (Å²) in [6.45, 7) is 6.02. The van der Waals surface area contributed by atoms with E-state index in [2.05, 4.69) is 38.9 Å². The van der Waals surface area contributed by atoms with Crippen molar-refractivity contribution >= 4 is 16.9 Å². The summed E-state index contributed by atoms with van der Waals surface area (Å²) in [6.07, 6.45) is 0.333. The second kappa shape index (κ2) is 7.65. The average molecular weight is 403 g/mol. The second-order valence-electron chi connectivity index (χ2n) is 8.12. The molecule has 1 saturated heterocycles. The van der Waals surface area contributed by atoms with Crippen LogP contribution in [0.3, 0.4) is 0 Å². The van der Waals surface area contributed by atoms with Crippen molar-refractivity contribution in [2.45, 2.75) is 39.3 Å². The number of nitrogens with one attached hydrogen (secondary N) is 1. The molecule has 154 valence electrons. The third-order valence-electron chi connectivity index (χ3n) is 5.39. The molecule has 1 aliphatic rings. The van der Waals surface area contributed by atoms with Gasteiger partial charge in [0.15, 0.2) is 5.65 Å². The van der Waals surface area contributed by atoms with Crippen LogP contribution in [-0.4, -0.2) is 33.3 Å². The highest BCUT2D eigenvalue weighted by molar-refractivity contribution is 5.90. The van der Waals surface area contributed by atoms with E-state index in [0.717, 1.165) is 38.4 Å². The third kappa shape index (κ3) is 4.06. The van der Waals surface area contributed by atoms with E-state index < -0.39 is 11.7 Å². The number of fused-ring (bicyclic) bond motifs is 1. The van der Waals surface area contributed by atoms with Crippen LogP contribution in [0.15, 0.2) is 30.5 Å². The predicted molar refractivity (Wildman–Crippen MR) is 107 cm³/mol. The number of pyridine rings is 2. The maximum absolute atomic E-state index is 13.7. The second-order valence-corrected chi connectivity index (χ2v) is 8.12. The minimum atomic E-state index is -4.52. The van der Waals surface area contributed by atoms with Crippen LogP contribution >= 0.6 is 0 Å². The van der Waals surface area contributed by atoms with Gasteiger partial charge in [0, 0.05) is 24.7 Å². The van der Waals surface area contributed by atoms with Crippen molar-refractivity contribution in [3.63, 3.8) is 0 Å². The van der Waals surface area contributed by atoms with Crippen LogP contribution in [0, 0.1) is 11.8 Å². The Bertz CT molecular complexity index is 995. The lowest BCUT2D eigenvalue weighted by molar-refractivity contribution is -0.137. The Balaban J connectivity index is 1.76. The Labute approximate surface area is 167 Å². The molecule has 8 heteroatoms. The van der Waals surface area contributed by atoms with Crippen molar-refractivity contribution in [1.29, 1.82) is 0 Å². The van der Waals surface area contributed by atoms with Gasteiger partial charge in [-0.2, -0.15) is 18.3 Å². The molecule has 0 bridgehead atoms. The van der Waals surface area contributed by atoms with Crippen molar-refractivity contribution < 1.29 is 13.2 Å². The monoisotopic (exact) mass is 403 g/mol. The van der Waals surface area contributed by atoms with Gasteiger partial charge in [-0.25, -0.2) is 9.97 Å². The SMILES string of the molecule is CC(C)C[C@H]1CCCN(c2ccc(C(F)(F)F)c(-c3n[nH]c4ncccc34)n2)C1. The molecule has 4 heterocycles. The molecule has 0 radical (unpaired) electrons. The summed E-state index contributed by atoms with van der Waals surface area (Å²) in [7, 11) is 0. The highest BCUT2D eigenvalue weighted by atomic mass is 19.4. The molecule has 0 unspecified atom stereocenters. The van der Waals surface area contributed by atoms with Crippen LogP contribution in [-0.2, 0) is 6.18 Å². The normalized spacial score (nSPS) is 18.0. The molecular formula is C21H24F3N5. The number of anilines is 1. The van der Waals surface area contributed by atoms with Crippen molar-refractivity contribution in [2.75, 3.05) is 18.0 Å². The summed E-state index contributed by atoms with van der Waals surface area (Å²) >= 11 is 0. The Morgan fingerprint density at radius 2 is 2.03 bits per heavy atom. The fourth-order valence-corrected chi connectivity index (χ4v) is 4.20. The lowest BCUT2D eigenvalue weighted by atomic mass is 9.90. The summed E-state index contributed by atoms with van der Waals surface area (Å²) in [4.78, 5) is 10.7. The maximum atomic E-state index is 13.7. The molecule has 3 aromatic rings. The molecule has 1 atom stereocenters. The zero-order chi connectivity index (χ0) is 20.6. The number of nitrogens with zero attached hydrogens (tertiary/aromatic N) is 4. The summed E-state index contributed by atoms with van der Waals surface area (Å²) in [5.41, 5.74) is -0.315. The molecule has 29 heavy (non-hydrogen) atoms. The highest BCUT2D eigenvalue weighted by Gasteiger charge is 2.36. The van der Waals surface area contributed by atoms with Crippen LogP contribution in [0.2, 0.25) is 0 Å². The molecule has 0 spiro atoms. The van der Waals surface area contributed by atoms with Crippen molar-refractivity contribution in [3.05, 3.63) is 36.0 Å². The van der Waals surface area contributed by atoms with Crippen LogP contribution in [0.5, 0.6) is 0 Å². The molecule has 0 saturated carbocycles. The molecule has 4 rings (SSSR count). The molecule has 0 amide bonds. The standard InChI is InChI=1S/C21H24F3N5/c1-13(2)11-14-5-4-10-29(12-14)17-8-7-16(21(22,23)24)19(26-17)18-15-6-3-9-25-20(15)28-27-18/h3,6-9,13-14H,4-5,10-12H2,1-2H3,(H,25,27,28)/t14-/m1/s1. The molecule has 1 fully saturated rings. The first-order valence-corrected chi connectivity index (χ1v) is 9.95. The van der Waals surface area contributed by atoms with Gasteiger partial charge >= 0.3 is 6.18 Å². The molecular weight excluding hydrogens is 379 g/mol. The number of rotatable bonds is 4. The van der Waals surface area contributed by atoms with E-state index in [9.17, 15) is 13.2 Å². The van der Waals surface area contributed by atoms with Gasteiger partial charge in [-0.15, -0.1) is 0 Å². The fraction of sp³-hybridized carbons (Fsp3) is 0.476. The number of hydrogen-bond donors (Lipinski definition) is 1. The first-order valence-electron chi connectivity index (χ1n) is 9.95. The smallest absolute Gasteiger partial charge is 0.356 e. The third-order valence-corrected chi connectivity index (χ3v) is 5.39. The topological polar surface area (TPSA) is 57.7 Å². The van der Waals surface area contributed by atoms with Gasteiger partial charge < -0.3 is 4.90 Å². The zero-order valence-corrected chi connectivity index (χ0v) is 16.5. The first-order chi connectivity index (χ1) is 13.8. The maximum Gasteiger partial charge on any atom is 0.418 e. The summed E-state index contributed by atoms with van der Waals surface area (Å²) in [5, 5.41) is 7.35. The molecule has 1 aliphatic heterocycles. The quantitative estimate of drug-likeness (QED) is 0.642. The number of hydrogen-bond acceptors (Lipinski definition) is 4. The van der Waals surface area contributed by atoms with Gasteiger partial charge in [0.25, 0.3) is 0 Å². The Morgan fingerprint density at radius 3 is 2.79 bits per heavy atom. The van der Waals surface area contributed by atoms with E-state index in [0.29, 0.717) is 28.7 Å². The van der Waals surface area contributed by atoms with Crippen molar-refractivity contribution in [2.24, 2.45) is 11.8 Å². The number of alkyl halides is 3. The van der Waals surface area contributed by atoms with Crippen molar-refractivity contribution in [3.8, 4) is 11.4 Å². The van der Waals surface area contributed by atoms with Gasteiger partial charge in [0.1, 0.15) is 17.2 Å². The van der Waals surface area contributed by atoms with Crippen molar-refractivity contribution in [1.82, 2.24) is 20.2 Å². The van der Waals surface area contributed by atoms with E-state index in [1.54, 1.807) is 18.3 Å². The van der Waals surface area contributed by atoms with E-state index >= 15 is 0 Å². The largest absolute Gasteiger partial charge is 0.418 e. The predicted octanol–water partition coefficient (Wildman–Crippen LogP) is 5.30. The van der Waals surface area contributed by atoms with E-state index in [1.807, 2.05) is 0 Å². The van der Waals surface area contributed by atoms with Crippen LogP contribution in [0.4, 0.5) is 19.0 Å². The zero-order valence-electron chi connectivity index (χ0n) is 16.5. The van der Waals surface area contributed by atoms with Gasteiger partial charge in [0.2, 0.25) is 0 Å². The highest BCUT2D eigenvalue weighted by Crippen LogP contribution is 2.39. The van der Waals surface area contributed by atoms with Gasteiger partial charge in [-0.3, -0.25) is 5.10 Å². The molecule has 3 aromatic heterocycles. The number of aromatic nitrogens is 4. The van der Waals surface area contributed by atoms with Crippen LogP contribution < -0.4 is 4.90 Å². The van der Waals surface area contributed by atoms with E-state index in [4.69, 9.17) is 0 Å². The number of piperidine rings is 1. The molecule has 0 aromatic carbocycles. The molecule has 1 N–H and O–H groups in total. The number of aromatic amines is 1. The molecule has 5 nitrogen and oxygen atoms in total.